The Hall–Kier alpha value is -2.89. The number of nitrogens with zero attached hydrogens (tertiary/aromatic N) is 1. The van der Waals surface area contributed by atoms with Crippen molar-refractivity contribution in [3.63, 3.8) is 0 Å². The third kappa shape index (κ3) is 3.65. The Morgan fingerprint density at radius 1 is 1.22 bits per heavy atom. The van der Waals surface area contributed by atoms with Crippen LogP contribution in [-0.2, 0) is 0 Å². The maximum atomic E-state index is 15.1. The molecule has 1 heterocycles. The number of hydrogen-bond acceptors (Lipinski definition) is 3. The summed E-state index contributed by atoms with van der Waals surface area (Å²) in [5.74, 6) is -2.92. The summed E-state index contributed by atoms with van der Waals surface area (Å²) in [5.41, 5.74) is 1.64. The van der Waals surface area contributed by atoms with E-state index in [0.29, 0.717) is 17.7 Å². The Morgan fingerprint density at radius 2 is 1.96 bits per heavy atom. The zero-order valence-corrected chi connectivity index (χ0v) is 15.2. The Balaban J connectivity index is 2.05. The Bertz CT molecular complexity index is 895. The van der Waals surface area contributed by atoms with E-state index in [1.54, 1.807) is 11.0 Å². The van der Waals surface area contributed by atoms with Crippen molar-refractivity contribution in [1.29, 1.82) is 0 Å². The Morgan fingerprint density at radius 3 is 2.67 bits per heavy atom. The molecule has 2 aromatic carbocycles. The van der Waals surface area contributed by atoms with Gasteiger partial charge < -0.3 is 14.7 Å². The average molecular weight is 373 g/mol. The topological polar surface area (TPSA) is 49.8 Å². The maximum Gasteiger partial charge on any atom is 0.335 e. The number of benzene rings is 2. The number of unbranched alkanes of at least 4 members (excludes halogenated alkanes) is 1. The molecule has 0 aromatic heterocycles. The fraction of sp³-hybridized carbons (Fsp3) is 0.286. The lowest BCUT2D eigenvalue weighted by molar-refractivity contribution is 0.0697. The van der Waals surface area contributed by atoms with Gasteiger partial charge in [0, 0.05) is 11.7 Å². The molecule has 0 saturated carbocycles. The summed E-state index contributed by atoms with van der Waals surface area (Å²) >= 11 is 0. The van der Waals surface area contributed by atoms with E-state index < -0.39 is 17.6 Å². The van der Waals surface area contributed by atoms with Crippen LogP contribution in [0.15, 0.2) is 36.4 Å². The number of carboxylic acid groups (broad SMARTS) is 1. The predicted octanol–water partition coefficient (Wildman–Crippen LogP) is 5.40. The summed E-state index contributed by atoms with van der Waals surface area (Å²) in [5, 5.41) is 9.18. The third-order valence-electron chi connectivity index (χ3n) is 4.53. The monoisotopic (exact) mass is 373 g/mol. The number of halogens is 2. The van der Waals surface area contributed by atoms with Gasteiger partial charge in [0.15, 0.2) is 17.4 Å². The van der Waals surface area contributed by atoms with Gasteiger partial charge in [-0.05, 0) is 49.2 Å². The van der Waals surface area contributed by atoms with Crippen molar-refractivity contribution < 1.29 is 23.4 Å². The van der Waals surface area contributed by atoms with E-state index in [9.17, 15) is 14.3 Å². The molecule has 0 fully saturated rings. The molecule has 27 heavy (non-hydrogen) atoms. The van der Waals surface area contributed by atoms with Gasteiger partial charge in [-0.2, -0.15) is 0 Å². The molecule has 1 N–H and O–H groups in total. The molecule has 0 spiro atoms. The minimum absolute atomic E-state index is 0.149. The molecule has 2 aromatic rings. The van der Waals surface area contributed by atoms with Crippen LogP contribution in [0.25, 0.3) is 6.08 Å². The summed E-state index contributed by atoms with van der Waals surface area (Å²) in [6, 6.07) is 7.02. The lowest BCUT2D eigenvalue weighted by atomic mass is 10.00. The van der Waals surface area contributed by atoms with Gasteiger partial charge in [-0.15, -0.1) is 0 Å². The van der Waals surface area contributed by atoms with E-state index in [-0.39, 0.29) is 29.6 Å². The first-order chi connectivity index (χ1) is 12.9. The van der Waals surface area contributed by atoms with E-state index in [2.05, 4.69) is 0 Å². The molecule has 0 amide bonds. The molecule has 0 saturated heterocycles. The van der Waals surface area contributed by atoms with Crippen molar-refractivity contribution in [3.05, 3.63) is 59.2 Å². The van der Waals surface area contributed by atoms with E-state index in [1.165, 1.54) is 24.3 Å². The fourth-order valence-corrected chi connectivity index (χ4v) is 3.10. The second kappa shape index (κ2) is 7.78. The number of ether oxygens (including phenoxy) is 1. The van der Waals surface area contributed by atoms with E-state index in [4.69, 9.17) is 4.74 Å². The first-order valence-electron chi connectivity index (χ1n) is 8.89. The molecule has 4 nitrogen and oxygen atoms in total. The van der Waals surface area contributed by atoms with Crippen LogP contribution in [0.5, 0.6) is 5.75 Å². The largest absolute Gasteiger partial charge is 0.488 e. The van der Waals surface area contributed by atoms with Crippen LogP contribution in [0, 0.1) is 11.6 Å². The first kappa shape index (κ1) is 18.9. The molecule has 1 aliphatic heterocycles. The van der Waals surface area contributed by atoms with Gasteiger partial charge in [0.2, 0.25) is 0 Å². The van der Waals surface area contributed by atoms with Crippen LogP contribution >= 0.6 is 0 Å². The molecule has 0 bridgehead atoms. The molecule has 1 atom stereocenters. The van der Waals surface area contributed by atoms with Gasteiger partial charge in [-0.25, -0.2) is 13.6 Å². The highest BCUT2D eigenvalue weighted by Crippen LogP contribution is 2.40. The normalized spacial score (nSPS) is 15.6. The number of carboxylic acids is 1. The van der Waals surface area contributed by atoms with Crippen molar-refractivity contribution in [3.8, 4) is 5.75 Å². The van der Waals surface area contributed by atoms with Gasteiger partial charge in [0.1, 0.15) is 0 Å². The number of fused-ring (bicyclic) bond motifs is 1. The SMILES string of the molecule is CCCCOc1c(F)ccc(N2c3ccc(C(=O)O)cc3C=CC2C)c1F. The van der Waals surface area contributed by atoms with Crippen LogP contribution in [0.2, 0.25) is 0 Å². The molecule has 1 aliphatic rings. The van der Waals surface area contributed by atoms with Crippen molar-refractivity contribution in [2.75, 3.05) is 11.5 Å². The summed E-state index contributed by atoms with van der Waals surface area (Å²) in [4.78, 5) is 12.9. The van der Waals surface area contributed by atoms with Crippen molar-refractivity contribution in [2.24, 2.45) is 0 Å². The standard InChI is InChI=1S/C21H21F2NO3/c1-3-4-11-27-20-16(22)8-10-18(19(20)23)24-13(2)5-6-14-12-15(21(25)26)7-9-17(14)24/h5-10,12-13H,3-4,11H2,1-2H3,(H,25,26). The minimum Gasteiger partial charge on any atom is -0.488 e. The number of hydrogen-bond donors (Lipinski definition) is 1. The van der Waals surface area contributed by atoms with Gasteiger partial charge >= 0.3 is 5.97 Å². The van der Waals surface area contributed by atoms with E-state index in [1.807, 2.05) is 26.0 Å². The van der Waals surface area contributed by atoms with Crippen LogP contribution in [0.3, 0.4) is 0 Å². The molecular formula is C21H21F2NO3. The minimum atomic E-state index is -1.03. The molecule has 6 heteroatoms. The average Bonchev–Trinajstić information content (AvgIpc) is 2.65. The second-order valence-corrected chi connectivity index (χ2v) is 6.46. The highest BCUT2D eigenvalue weighted by Gasteiger charge is 2.27. The Kier molecular flexibility index (Phi) is 5.44. The van der Waals surface area contributed by atoms with Gasteiger partial charge in [0.25, 0.3) is 0 Å². The second-order valence-electron chi connectivity index (χ2n) is 6.46. The van der Waals surface area contributed by atoms with Crippen LogP contribution in [-0.4, -0.2) is 23.7 Å². The highest BCUT2D eigenvalue weighted by atomic mass is 19.1. The Labute approximate surface area is 156 Å². The number of rotatable bonds is 6. The van der Waals surface area contributed by atoms with Crippen LogP contribution in [0.4, 0.5) is 20.2 Å². The predicted molar refractivity (Wildman–Crippen MR) is 101 cm³/mol. The van der Waals surface area contributed by atoms with Crippen LogP contribution in [0.1, 0.15) is 42.6 Å². The molecule has 0 aliphatic carbocycles. The lowest BCUT2D eigenvalue weighted by Crippen LogP contribution is -2.30. The molecule has 1 unspecified atom stereocenters. The van der Waals surface area contributed by atoms with Gasteiger partial charge in [-0.1, -0.05) is 25.5 Å². The highest BCUT2D eigenvalue weighted by molar-refractivity contribution is 5.91. The quantitative estimate of drug-likeness (QED) is 0.689. The van der Waals surface area contributed by atoms with E-state index in [0.717, 1.165) is 6.42 Å². The number of aromatic carboxylic acids is 1. The molecule has 3 rings (SSSR count). The van der Waals surface area contributed by atoms with Crippen molar-refractivity contribution in [2.45, 2.75) is 32.7 Å². The van der Waals surface area contributed by atoms with Crippen molar-refractivity contribution in [1.82, 2.24) is 0 Å². The van der Waals surface area contributed by atoms with Gasteiger partial charge in [0.05, 0.1) is 17.9 Å². The summed E-state index contributed by atoms with van der Waals surface area (Å²) < 4.78 is 34.5. The smallest absolute Gasteiger partial charge is 0.335 e. The van der Waals surface area contributed by atoms with Crippen LogP contribution < -0.4 is 9.64 Å². The number of anilines is 2. The van der Waals surface area contributed by atoms with Crippen molar-refractivity contribution >= 4 is 23.4 Å². The van der Waals surface area contributed by atoms with Gasteiger partial charge in [-0.3, -0.25) is 0 Å². The molecular weight excluding hydrogens is 352 g/mol. The van der Waals surface area contributed by atoms with E-state index >= 15 is 4.39 Å². The number of carbonyl (C=O) groups is 1. The summed E-state index contributed by atoms with van der Waals surface area (Å²) in [6.07, 6.45) is 5.21. The fourth-order valence-electron chi connectivity index (χ4n) is 3.10. The third-order valence-corrected chi connectivity index (χ3v) is 4.53. The first-order valence-corrected chi connectivity index (χ1v) is 8.89. The summed E-state index contributed by atoms with van der Waals surface area (Å²) in [6.45, 7) is 4.09. The lowest BCUT2D eigenvalue weighted by Gasteiger charge is -2.34. The summed E-state index contributed by atoms with van der Waals surface area (Å²) in [7, 11) is 0. The molecule has 0 radical (unpaired) electrons. The molecule has 142 valence electrons. The zero-order chi connectivity index (χ0) is 19.6. The zero-order valence-electron chi connectivity index (χ0n) is 15.2. The maximum absolute atomic E-state index is 15.1.